The molecule has 0 spiro atoms. The fraction of sp³-hybridized carbons (Fsp3) is 0.533. The van der Waals surface area contributed by atoms with Crippen molar-refractivity contribution in [2.45, 2.75) is 38.6 Å². The molecular formula is C15H24N2O. The average Bonchev–Trinajstić information content (AvgIpc) is 2.37. The van der Waals surface area contributed by atoms with Crippen LogP contribution in [0.25, 0.3) is 0 Å². The molecule has 0 aliphatic rings. The minimum absolute atomic E-state index is 0.0871. The summed E-state index contributed by atoms with van der Waals surface area (Å²) in [5, 5.41) is 0. The number of carbonyl (C=O) groups is 1. The topological polar surface area (TPSA) is 46.3 Å². The van der Waals surface area contributed by atoms with Crippen molar-refractivity contribution in [3.8, 4) is 0 Å². The van der Waals surface area contributed by atoms with Gasteiger partial charge in [-0.15, -0.1) is 0 Å². The summed E-state index contributed by atoms with van der Waals surface area (Å²) < 4.78 is 0. The van der Waals surface area contributed by atoms with Crippen molar-refractivity contribution >= 4 is 5.91 Å². The molecule has 100 valence electrons. The molecule has 3 nitrogen and oxygen atoms in total. The molecule has 0 heterocycles. The van der Waals surface area contributed by atoms with Gasteiger partial charge in [0.2, 0.25) is 5.91 Å². The summed E-state index contributed by atoms with van der Waals surface area (Å²) in [4.78, 5) is 13.9. The van der Waals surface area contributed by atoms with Crippen LogP contribution in [0.15, 0.2) is 30.3 Å². The largest absolute Gasteiger partial charge is 0.342 e. The van der Waals surface area contributed by atoms with E-state index in [-0.39, 0.29) is 17.4 Å². The van der Waals surface area contributed by atoms with Gasteiger partial charge in [0.05, 0.1) is 0 Å². The first-order valence-electron chi connectivity index (χ1n) is 6.39. The Morgan fingerprint density at radius 1 is 1.33 bits per heavy atom. The predicted octanol–water partition coefficient (Wildman–Crippen LogP) is 2.16. The van der Waals surface area contributed by atoms with E-state index < -0.39 is 0 Å². The van der Waals surface area contributed by atoms with Crippen LogP contribution < -0.4 is 5.73 Å². The summed E-state index contributed by atoms with van der Waals surface area (Å²) >= 11 is 0. The fourth-order valence-electron chi connectivity index (χ4n) is 1.90. The summed E-state index contributed by atoms with van der Waals surface area (Å²) in [7, 11) is 1.82. The molecule has 0 aliphatic heterocycles. The molecule has 3 heteroatoms. The maximum atomic E-state index is 12.2. The second kappa shape index (κ2) is 6.01. The molecule has 1 aromatic rings. The summed E-state index contributed by atoms with van der Waals surface area (Å²) in [6, 6.07) is 10.2. The Hall–Kier alpha value is -1.35. The number of likely N-dealkylation sites (N-methyl/N-ethyl adjacent to an activating group) is 1. The first-order chi connectivity index (χ1) is 8.38. The van der Waals surface area contributed by atoms with E-state index in [1.807, 2.05) is 32.2 Å². The first kappa shape index (κ1) is 14.7. The number of rotatable bonds is 5. The van der Waals surface area contributed by atoms with E-state index in [1.165, 1.54) is 5.56 Å². The zero-order valence-corrected chi connectivity index (χ0v) is 11.8. The third-order valence-corrected chi connectivity index (χ3v) is 3.54. The van der Waals surface area contributed by atoms with Crippen LogP contribution in [0, 0.1) is 0 Å². The molecule has 1 atom stereocenters. The molecule has 18 heavy (non-hydrogen) atoms. The van der Waals surface area contributed by atoms with Gasteiger partial charge < -0.3 is 10.6 Å². The molecule has 1 unspecified atom stereocenters. The Morgan fingerprint density at radius 3 is 2.39 bits per heavy atom. The van der Waals surface area contributed by atoms with Gasteiger partial charge in [0.1, 0.15) is 0 Å². The molecule has 0 bridgehead atoms. The Kier molecular flexibility index (Phi) is 4.91. The van der Waals surface area contributed by atoms with Gasteiger partial charge in [-0.05, 0) is 17.9 Å². The smallest absolute Gasteiger partial charge is 0.223 e. The Labute approximate surface area is 110 Å². The van der Waals surface area contributed by atoms with Crippen LogP contribution >= 0.6 is 0 Å². The van der Waals surface area contributed by atoms with Crippen molar-refractivity contribution in [1.82, 2.24) is 4.90 Å². The number of amides is 1. The molecular weight excluding hydrogens is 224 g/mol. The standard InChI is InChI=1S/C15H24N2O/c1-12(11-16)17(4)14(18)10-15(2,3)13-8-6-5-7-9-13/h5-9,12H,10-11,16H2,1-4H3. The second-order valence-electron chi connectivity index (χ2n) is 5.52. The second-order valence-corrected chi connectivity index (χ2v) is 5.52. The van der Waals surface area contributed by atoms with E-state index in [1.54, 1.807) is 4.90 Å². The number of benzene rings is 1. The number of nitrogens with zero attached hydrogens (tertiary/aromatic N) is 1. The molecule has 0 saturated heterocycles. The van der Waals surface area contributed by atoms with E-state index in [2.05, 4.69) is 26.0 Å². The normalized spacial score (nSPS) is 13.2. The SMILES string of the molecule is CC(CN)N(C)C(=O)CC(C)(C)c1ccccc1. The Morgan fingerprint density at radius 2 is 1.89 bits per heavy atom. The van der Waals surface area contributed by atoms with Crippen LogP contribution in [0.3, 0.4) is 0 Å². The monoisotopic (exact) mass is 248 g/mol. The molecule has 1 rings (SSSR count). The molecule has 2 N–H and O–H groups in total. The molecule has 1 amide bonds. The van der Waals surface area contributed by atoms with Crippen molar-refractivity contribution in [2.24, 2.45) is 5.73 Å². The zero-order chi connectivity index (χ0) is 13.8. The fourth-order valence-corrected chi connectivity index (χ4v) is 1.90. The Bertz CT molecular complexity index is 387. The Balaban J connectivity index is 2.75. The van der Waals surface area contributed by atoms with E-state index in [4.69, 9.17) is 5.73 Å². The maximum Gasteiger partial charge on any atom is 0.223 e. The van der Waals surface area contributed by atoms with Gasteiger partial charge in [-0.2, -0.15) is 0 Å². The third kappa shape index (κ3) is 3.57. The van der Waals surface area contributed by atoms with E-state index >= 15 is 0 Å². The van der Waals surface area contributed by atoms with Gasteiger partial charge >= 0.3 is 0 Å². The minimum atomic E-state index is -0.152. The number of hydrogen-bond acceptors (Lipinski definition) is 2. The highest BCUT2D eigenvalue weighted by molar-refractivity contribution is 5.77. The van der Waals surface area contributed by atoms with Crippen LogP contribution in [-0.2, 0) is 10.2 Å². The lowest BCUT2D eigenvalue weighted by Crippen LogP contribution is -2.41. The van der Waals surface area contributed by atoms with E-state index in [0.717, 1.165) is 0 Å². The minimum Gasteiger partial charge on any atom is -0.342 e. The quantitative estimate of drug-likeness (QED) is 0.868. The average molecular weight is 248 g/mol. The molecule has 0 aromatic heterocycles. The lowest BCUT2D eigenvalue weighted by molar-refractivity contribution is -0.132. The van der Waals surface area contributed by atoms with Crippen molar-refractivity contribution in [1.29, 1.82) is 0 Å². The van der Waals surface area contributed by atoms with Gasteiger partial charge in [0.15, 0.2) is 0 Å². The van der Waals surface area contributed by atoms with Crippen molar-refractivity contribution in [2.75, 3.05) is 13.6 Å². The van der Waals surface area contributed by atoms with Gasteiger partial charge in [-0.1, -0.05) is 44.2 Å². The van der Waals surface area contributed by atoms with Crippen molar-refractivity contribution in [3.63, 3.8) is 0 Å². The lowest BCUT2D eigenvalue weighted by Gasteiger charge is -2.30. The van der Waals surface area contributed by atoms with Gasteiger partial charge in [0, 0.05) is 26.1 Å². The van der Waals surface area contributed by atoms with Crippen LogP contribution in [0.2, 0.25) is 0 Å². The molecule has 0 radical (unpaired) electrons. The maximum absolute atomic E-state index is 12.2. The number of hydrogen-bond donors (Lipinski definition) is 1. The first-order valence-corrected chi connectivity index (χ1v) is 6.39. The van der Waals surface area contributed by atoms with Gasteiger partial charge in [-0.25, -0.2) is 0 Å². The summed E-state index contributed by atoms with van der Waals surface area (Å²) in [5.41, 5.74) is 6.63. The zero-order valence-electron chi connectivity index (χ0n) is 11.8. The highest BCUT2D eigenvalue weighted by atomic mass is 16.2. The molecule has 0 saturated carbocycles. The van der Waals surface area contributed by atoms with Crippen LogP contribution in [0.4, 0.5) is 0 Å². The van der Waals surface area contributed by atoms with Gasteiger partial charge in [-0.3, -0.25) is 4.79 Å². The summed E-state index contributed by atoms with van der Waals surface area (Å²) in [6.07, 6.45) is 0.498. The number of carbonyl (C=O) groups excluding carboxylic acids is 1. The van der Waals surface area contributed by atoms with Crippen molar-refractivity contribution in [3.05, 3.63) is 35.9 Å². The molecule has 1 aromatic carbocycles. The van der Waals surface area contributed by atoms with Crippen LogP contribution in [-0.4, -0.2) is 30.4 Å². The van der Waals surface area contributed by atoms with E-state index in [0.29, 0.717) is 13.0 Å². The summed E-state index contributed by atoms with van der Waals surface area (Å²) in [6.45, 7) is 6.66. The highest BCUT2D eigenvalue weighted by Gasteiger charge is 2.26. The molecule has 0 fully saturated rings. The van der Waals surface area contributed by atoms with Crippen molar-refractivity contribution < 1.29 is 4.79 Å². The number of nitrogens with two attached hydrogens (primary N) is 1. The van der Waals surface area contributed by atoms with E-state index in [9.17, 15) is 4.79 Å². The summed E-state index contributed by atoms with van der Waals surface area (Å²) in [5.74, 6) is 0.141. The van der Waals surface area contributed by atoms with Crippen LogP contribution in [0.1, 0.15) is 32.8 Å². The van der Waals surface area contributed by atoms with Gasteiger partial charge in [0.25, 0.3) is 0 Å². The molecule has 0 aliphatic carbocycles. The lowest BCUT2D eigenvalue weighted by atomic mass is 9.81. The highest BCUT2D eigenvalue weighted by Crippen LogP contribution is 2.27. The van der Waals surface area contributed by atoms with Crippen LogP contribution in [0.5, 0.6) is 0 Å². The predicted molar refractivity (Wildman–Crippen MR) is 75.4 cm³/mol. The third-order valence-electron chi connectivity index (χ3n) is 3.54.